The van der Waals surface area contributed by atoms with Crippen molar-refractivity contribution < 1.29 is 19.4 Å². The minimum atomic E-state index is -0.962. The Kier molecular flexibility index (Phi) is 3.21. The Morgan fingerprint density at radius 3 is 2.40 bits per heavy atom. The highest BCUT2D eigenvalue weighted by molar-refractivity contribution is 9.10. The third kappa shape index (κ3) is 1.83. The lowest BCUT2D eigenvalue weighted by Gasteiger charge is -2.23. The molecule has 108 valence electrons. The van der Waals surface area contributed by atoms with Crippen molar-refractivity contribution in [1.82, 2.24) is 9.78 Å². The van der Waals surface area contributed by atoms with Crippen LogP contribution in [0.15, 0.2) is 4.47 Å². The first-order chi connectivity index (χ1) is 9.41. The highest BCUT2D eigenvalue weighted by Crippen LogP contribution is 2.44. The smallest absolute Gasteiger partial charge is 0.310 e. The molecule has 2 aliphatic rings. The minimum absolute atomic E-state index is 0.282. The highest BCUT2D eigenvalue weighted by Gasteiger charge is 2.56. The van der Waals surface area contributed by atoms with Gasteiger partial charge in [-0.15, -0.1) is 0 Å². The van der Waals surface area contributed by atoms with E-state index >= 15 is 0 Å². The molecule has 0 amide bonds. The molecule has 2 fully saturated rings. The van der Waals surface area contributed by atoms with E-state index < -0.39 is 17.8 Å². The molecule has 4 atom stereocenters. The van der Waals surface area contributed by atoms with Gasteiger partial charge in [0.05, 0.1) is 39.9 Å². The lowest BCUT2D eigenvalue weighted by molar-refractivity contribution is -0.144. The van der Waals surface area contributed by atoms with Crippen molar-refractivity contribution in [2.75, 3.05) is 0 Å². The van der Waals surface area contributed by atoms with Crippen LogP contribution >= 0.6 is 15.9 Å². The standard InChI is InChI=1S/C13H15BrN2O4/c1-5-11(14)6(2)16(15-5)12(17)9-7-3-4-8(20-7)10(9)13(18)19/h7-10H,3-4H2,1-2H3,(H,18,19)/t7-,8+,9-,10-/m0/s1. The highest BCUT2D eigenvalue weighted by atomic mass is 79.9. The third-order valence-corrected chi connectivity index (χ3v) is 5.40. The van der Waals surface area contributed by atoms with E-state index in [9.17, 15) is 14.7 Å². The van der Waals surface area contributed by atoms with Gasteiger partial charge in [0.15, 0.2) is 0 Å². The van der Waals surface area contributed by atoms with Crippen LogP contribution in [0.5, 0.6) is 0 Å². The van der Waals surface area contributed by atoms with Gasteiger partial charge in [-0.05, 0) is 42.6 Å². The van der Waals surface area contributed by atoms with Gasteiger partial charge in [0.2, 0.25) is 0 Å². The lowest BCUT2D eigenvalue weighted by atomic mass is 9.79. The number of hydrogen-bond donors (Lipinski definition) is 1. The average Bonchev–Trinajstić information content (AvgIpc) is 3.07. The molecule has 0 aromatic carbocycles. The lowest BCUT2D eigenvalue weighted by Crippen LogP contribution is -2.41. The Morgan fingerprint density at radius 2 is 1.90 bits per heavy atom. The summed E-state index contributed by atoms with van der Waals surface area (Å²) in [7, 11) is 0. The van der Waals surface area contributed by atoms with E-state index in [1.165, 1.54) is 4.68 Å². The number of carbonyl (C=O) groups is 2. The van der Waals surface area contributed by atoms with Gasteiger partial charge >= 0.3 is 5.97 Å². The summed E-state index contributed by atoms with van der Waals surface area (Å²) < 4.78 is 7.71. The fraction of sp³-hybridized carbons (Fsp3) is 0.615. The maximum Gasteiger partial charge on any atom is 0.310 e. The number of halogens is 1. The molecule has 0 saturated carbocycles. The molecule has 1 aromatic heterocycles. The van der Waals surface area contributed by atoms with E-state index in [-0.39, 0.29) is 18.1 Å². The van der Waals surface area contributed by atoms with Crippen LogP contribution in [0.1, 0.15) is 29.0 Å². The molecule has 0 aliphatic carbocycles. The van der Waals surface area contributed by atoms with Crippen molar-refractivity contribution in [3.05, 3.63) is 15.9 Å². The molecule has 20 heavy (non-hydrogen) atoms. The van der Waals surface area contributed by atoms with Crippen molar-refractivity contribution in [2.45, 2.75) is 38.9 Å². The summed E-state index contributed by atoms with van der Waals surface area (Å²) >= 11 is 3.38. The number of carboxylic acid groups (broad SMARTS) is 1. The van der Waals surface area contributed by atoms with Crippen LogP contribution < -0.4 is 0 Å². The predicted molar refractivity (Wildman–Crippen MR) is 72.5 cm³/mol. The van der Waals surface area contributed by atoms with Gasteiger partial charge in [0.1, 0.15) is 0 Å². The summed E-state index contributed by atoms with van der Waals surface area (Å²) in [5, 5.41) is 13.6. The quantitative estimate of drug-likeness (QED) is 0.885. The van der Waals surface area contributed by atoms with Crippen LogP contribution in [-0.2, 0) is 9.53 Å². The molecule has 6 nitrogen and oxygen atoms in total. The molecule has 2 saturated heterocycles. The van der Waals surface area contributed by atoms with Crippen molar-refractivity contribution >= 4 is 27.8 Å². The molecule has 1 aromatic rings. The number of fused-ring (bicyclic) bond motifs is 2. The SMILES string of the molecule is Cc1nn(C(=O)[C@@H]2[C@@H](C(=O)O)[C@H]3CC[C@@H]2O3)c(C)c1Br. The van der Waals surface area contributed by atoms with Crippen LogP contribution in [0.25, 0.3) is 0 Å². The Morgan fingerprint density at radius 1 is 1.30 bits per heavy atom. The van der Waals surface area contributed by atoms with Gasteiger partial charge in [-0.25, -0.2) is 4.68 Å². The zero-order valence-corrected chi connectivity index (χ0v) is 12.8. The van der Waals surface area contributed by atoms with E-state index in [0.29, 0.717) is 17.8 Å². The fourth-order valence-electron chi connectivity index (χ4n) is 3.28. The van der Waals surface area contributed by atoms with Crippen molar-refractivity contribution in [3.8, 4) is 0 Å². The maximum absolute atomic E-state index is 12.7. The first kappa shape index (κ1) is 13.8. The summed E-state index contributed by atoms with van der Waals surface area (Å²) in [6.45, 7) is 3.58. The second-order valence-corrected chi connectivity index (χ2v) is 6.21. The monoisotopic (exact) mass is 342 g/mol. The summed E-state index contributed by atoms with van der Waals surface area (Å²) in [6, 6.07) is 0. The first-order valence-electron chi connectivity index (χ1n) is 6.56. The number of nitrogens with zero attached hydrogens (tertiary/aromatic N) is 2. The number of rotatable bonds is 2. The number of hydrogen-bond acceptors (Lipinski definition) is 4. The van der Waals surface area contributed by atoms with Crippen LogP contribution in [0.2, 0.25) is 0 Å². The molecule has 0 unspecified atom stereocenters. The maximum atomic E-state index is 12.7. The number of ether oxygens (including phenoxy) is 1. The molecule has 3 rings (SSSR count). The van der Waals surface area contributed by atoms with Crippen LogP contribution in [0.3, 0.4) is 0 Å². The summed E-state index contributed by atoms with van der Waals surface area (Å²) in [6.07, 6.45) is 0.820. The van der Waals surface area contributed by atoms with Gasteiger partial charge in [-0.1, -0.05) is 0 Å². The molecule has 0 spiro atoms. The normalized spacial score (nSPS) is 31.8. The van der Waals surface area contributed by atoms with Crippen molar-refractivity contribution in [3.63, 3.8) is 0 Å². The zero-order chi connectivity index (χ0) is 14.6. The Hall–Kier alpha value is -1.21. The van der Waals surface area contributed by atoms with Gasteiger partial charge in [0.25, 0.3) is 5.91 Å². The molecular weight excluding hydrogens is 328 g/mol. The van der Waals surface area contributed by atoms with Gasteiger partial charge < -0.3 is 9.84 Å². The van der Waals surface area contributed by atoms with E-state index in [0.717, 1.165) is 10.9 Å². The summed E-state index contributed by atoms with van der Waals surface area (Å²) in [5.41, 5.74) is 1.41. The largest absolute Gasteiger partial charge is 0.481 e. The van der Waals surface area contributed by atoms with Crippen LogP contribution in [-0.4, -0.2) is 39.0 Å². The van der Waals surface area contributed by atoms with Crippen molar-refractivity contribution in [1.29, 1.82) is 0 Å². The molecule has 7 heteroatoms. The molecule has 2 bridgehead atoms. The second kappa shape index (κ2) is 4.66. The van der Waals surface area contributed by atoms with Gasteiger partial charge in [0, 0.05) is 0 Å². The van der Waals surface area contributed by atoms with Crippen molar-refractivity contribution in [2.24, 2.45) is 11.8 Å². The minimum Gasteiger partial charge on any atom is -0.481 e. The number of carboxylic acids is 1. The van der Waals surface area contributed by atoms with Crippen LogP contribution in [0.4, 0.5) is 0 Å². The molecular formula is C13H15BrN2O4. The predicted octanol–water partition coefficient (Wildman–Crippen LogP) is 1.78. The van der Waals surface area contributed by atoms with Crippen LogP contribution in [0, 0.1) is 25.7 Å². The average molecular weight is 343 g/mol. The molecule has 3 heterocycles. The van der Waals surface area contributed by atoms with E-state index in [1.807, 2.05) is 0 Å². The molecule has 1 N–H and O–H groups in total. The fourth-order valence-corrected chi connectivity index (χ4v) is 3.53. The molecule has 2 aliphatic heterocycles. The molecule has 0 radical (unpaired) electrons. The number of aliphatic carboxylic acids is 1. The van der Waals surface area contributed by atoms with Gasteiger partial charge in [-0.3, -0.25) is 9.59 Å². The number of aromatic nitrogens is 2. The summed E-state index contributed by atoms with van der Waals surface area (Å²) in [5.74, 6) is -2.65. The Labute approximate surface area is 124 Å². The van der Waals surface area contributed by atoms with E-state index in [4.69, 9.17) is 4.74 Å². The van der Waals surface area contributed by atoms with E-state index in [1.54, 1.807) is 13.8 Å². The summed E-state index contributed by atoms with van der Waals surface area (Å²) in [4.78, 5) is 24.1. The number of carbonyl (C=O) groups excluding carboxylic acids is 1. The topological polar surface area (TPSA) is 81.4 Å². The third-order valence-electron chi connectivity index (χ3n) is 4.26. The van der Waals surface area contributed by atoms with Gasteiger partial charge in [-0.2, -0.15) is 5.10 Å². The van der Waals surface area contributed by atoms with E-state index in [2.05, 4.69) is 21.0 Å². The first-order valence-corrected chi connectivity index (χ1v) is 7.35. The second-order valence-electron chi connectivity index (χ2n) is 5.41. The number of aryl methyl sites for hydroxylation is 1. The Balaban J connectivity index is 1.97. The Bertz CT molecular complexity index is 597. The zero-order valence-electron chi connectivity index (χ0n) is 11.2.